The number of methoxy groups -OCH3 is 1. The number of amides is 1. The molecule has 3 heterocycles. The van der Waals surface area contributed by atoms with Crippen LogP contribution in [0.4, 0.5) is 5.13 Å². The minimum Gasteiger partial charge on any atom is -0.497 e. The Morgan fingerprint density at radius 3 is 2.83 bits per heavy atom. The predicted molar refractivity (Wildman–Crippen MR) is 113 cm³/mol. The maximum Gasteiger partial charge on any atom is 0.278 e. The van der Waals surface area contributed by atoms with E-state index in [2.05, 4.69) is 10.00 Å². The highest BCUT2D eigenvalue weighted by atomic mass is 32.1. The molecule has 1 aliphatic rings. The quantitative estimate of drug-likeness (QED) is 0.615. The van der Waals surface area contributed by atoms with Crippen molar-refractivity contribution in [1.29, 1.82) is 0 Å². The molecule has 1 aromatic carbocycles. The molecule has 1 fully saturated rings. The SMILES string of the molecule is COc1ccc2sc(N(CCN3CCOCC3)C(=O)c3c(C)cnn3C)nc2c1. The number of aromatic nitrogens is 3. The highest BCUT2D eigenvalue weighted by Crippen LogP contribution is 2.32. The molecule has 29 heavy (non-hydrogen) atoms. The van der Waals surface area contributed by atoms with Gasteiger partial charge in [-0.15, -0.1) is 0 Å². The molecule has 1 amide bonds. The predicted octanol–water partition coefficient (Wildman–Crippen LogP) is 2.33. The van der Waals surface area contributed by atoms with E-state index in [4.69, 9.17) is 14.5 Å². The Balaban J connectivity index is 1.66. The molecule has 3 aromatic rings. The zero-order chi connectivity index (χ0) is 20.4. The van der Waals surface area contributed by atoms with Gasteiger partial charge in [-0.3, -0.25) is 19.3 Å². The number of carbonyl (C=O) groups is 1. The third-order valence-electron chi connectivity index (χ3n) is 5.13. The summed E-state index contributed by atoms with van der Waals surface area (Å²) in [5.41, 5.74) is 2.27. The van der Waals surface area contributed by atoms with Crippen LogP contribution in [0.5, 0.6) is 5.75 Å². The van der Waals surface area contributed by atoms with Gasteiger partial charge in [0.1, 0.15) is 11.4 Å². The lowest BCUT2D eigenvalue weighted by molar-refractivity contribution is 0.0391. The van der Waals surface area contributed by atoms with Gasteiger partial charge in [-0.2, -0.15) is 5.10 Å². The molecular weight excluding hydrogens is 390 g/mol. The smallest absolute Gasteiger partial charge is 0.278 e. The first kappa shape index (κ1) is 19.8. The third kappa shape index (κ3) is 4.12. The Kier molecular flexibility index (Phi) is 5.79. The number of hydrogen-bond acceptors (Lipinski definition) is 7. The molecule has 0 radical (unpaired) electrons. The van der Waals surface area contributed by atoms with Gasteiger partial charge in [0.05, 0.1) is 36.7 Å². The average Bonchev–Trinajstić information content (AvgIpc) is 3.30. The summed E-state index contributed by atoms with van der Waals surface area (Å²) in [4.78, 5) is 22.3. The first-order chi connectivity index (χ1) is 14.1. The molecule has 0 saturated carbocycles. The Labute approximate surface area is 173 Å². The number of benzene rings is 1. The van der Waals surface area contributed by atoms with Gasteiger partial charge in [0, 0.05) is 39.3 Å². The number of fused-ring (bicyclic) bond motifs is 1. The van der Waals surface area contributed by atoms with Crippen LogP contribution >= 0.6 is 11.3 Å². The first-order valence-electron chi connectivity index (χ1n) is 9.62. The highest BCUT2D eigenvalue weighted by molar-refractivity contribution is 7.22. The van der Waals surface area contributed by atoms with Crippen molar-refractivity contribution in [2.45, 2.75) is 6.92 Å². The standard InChI is InChI=1S/C20H25N5O3S/c1-14-13-21-23(2)18(14)19(26)25(7-6-24-8-10-28-11-9-24)20-22-16-12-15(27-3)4-5-17(16)29-20/h4-5,12-13H,6-11H2,1-3H3. The number of nitrogens with zero attached hydrogens (tertiary/aromatic N) is 5. The molecule has 9 heteroatoms. The van der Waals surface area contributed by atoms with E-state index >= 15 is 0 Å². The molecule has 0 bridgehead atoms. The van der Waals surface area contributed by atoms with Gasteiger partial charge in [0.25, 0.3) is 5.91 Å². The van der Waals surface area contributed by atoms with Crippen LogP contribution in [0.1, 0.15) is 16.1 Å². The van der Waals surface area contributed by atoms with Crippen LogP contribution in [-0.4, -0.2) is 72.1 Å². The summed E-state index contributed by atoms with van der Waals surface area (Å²) in [6.07, 6.45) is 1.72. The summed E-state index contributed by atoms with van der Waals surface area (Å²) in [7, 11) is 3.43. The Hall–Kier alpha value is -2.49. The molecule has 0 aliphatic carbocycles. The van der Waals surface area contributed by atoms with Crippen molar-refractivity contribution in [2.75, 3.05) is 51.4 Å². The van der Waals surface area contributed by atoms with Crippen LogP contribution in [0.3, 0.4) is 0 Å². The summed E-state index contributed by atoms with van der Waals surface area (Å²) in [5, 5.41) is 4.92. The van der Waals surface area contributed by atoms with Crippen LogP contribution in [0.15, 0.2) is 24.4 Å². The van der Waals surface area contributed by atoms with Gasteiger partial charge in [-0.25, -0.2) is 4.98 Å². The molecule has 0 spiro atoms. The molecule has 0 N–H and O–H groups in total. The van der Waals surface area contributed by atoms with Crippen molar-refractivity contribution < 1.29 is 14.3 Å². The van der Waals surface area contributed by atoms with Crippen LogP contribution in [0.2, 0.25) is 0 Å². The summed E-state index contributed by atoms with van der Waals surface area (Å²) in [6, 6.07) is 5.79. The monoisotopic (exact) mass is 415 g/mol. The van der Waals surface area contributed by atoms with E-state index in [1.807, 2.05) is 25.1 Å². The van der Waals surface area contributed by atoms with Crippen LogP contribution in [-0.2, 0) is 11.8 Å². The van der Waals surface area contributed by atoms with Crippen molar-refractivity contribution in [3.8, 4) is 5.75 Å². The zero-order valence-corrected chi connectivity index (χ0v) is 17.7. The fourth-order valence-electron chi connectivity index (χ4n) is 3.47. The number of thiazole rings is 1. The zero-order valence-electron chi connectivity index (χ0n) is 16.9. The first-order valence-corrected chi connectivity index (χ1v) is 10.4. The number of aryl methyl sites for hydroxylation is 2. The number of anilines is 1. The van der Waals surface area contributed by atoms with Crippen LogP contribution in [0.25, 0.3) is 10.2 Å². The maximum atomic E-state index is 13.5. The maximum absolute atomic E-state index is 13.5. The highest BCUT2D eigenvalue weighted by Gasteiger charge is 2.26. The van der Waals surface area contributed by atoms with Crippen molar-refractivity contribution >= 4 is 32.6 Å². The van der Waals surface area contributed by atoms with E-state index in [-0.39, 0.29) is 5.91 Å². The van der Waals surface area contributed by atoms with Gasteiger partial charge in [0.2, 0.25) is 0 Å². The van der Waals surface area contributed by atoms with E-state index in [0.29, 0.717) is 17.4 Å². The van der Waals surface area contributed by atoms with Gasteiger partial charge in [-0.1, -0.05) is 11.3 Å². The normalized spacial score (nSPS) is 15.0. The van der Waals surface area contributed by atoms with Crippen LogP contribution < -0.4 is 9.64 Å². The molecule has 1 saturated heterocycles. The van der Waals surface area contributed by atoms with Crippen molar-refractivity contribution in [3.63, 3.8) is 0 Å². The van der Waals surface area contributed by atoms with Gasteiger partial charge in [0.15, 0.2) is 5.13 Å². The summed E-state index contributed by atoms with van der Waals surface area (Å²) < 4.78 is 13.4. The molecule has 0 atom stereocenters. The fourth-order valence-corrected chi connectivity index (χ4v) is 4.44. The summed E-state index contributed by atoms with van der Waals surface area (Å²) in [6.45, 7) is 6.45. The Morgan fingerprint density at radius 2 is 2.14 bits per heavy atom. The second kappa shape index (κ2) is 8.48. The average molecular weight is 416 g/mol. The number of morpholine rings is 1. The van der Waals surface area contributed by atoms with Crippen molar-refractivity contribution in [3.05, 3.63) is 35.7 Å². The van der Waals surface area contributed by atoms with E-state index < -0.39 is 0 Å². The lowest BCUT2D eigenvalue weighted by atomic mass is 10.2. The van der Waals surface area contributed by atoms with E-state index in [1.165, 1.54) is 11.3 Å². The van der Waals surface area contributed by atoms with Gasteiger partial charge in [-0.05, 0) is 24.6 Å². The molecule has 154 valence electrons. The number of rotatable bonds is 6. The second-order valence-electron chi connectivity index (χ2n) is 7.04. The molecule has 8 nitrogen and oxygen atoms in total. The second-order valence-corrected chi connectivity index (χ2v) is 8.05. The van der Waals surface area contributed by atoms with Crippen molar-refractivity contribution in [2.24, 2.45) is 7.05 Å². The molecular formula is C20H25N5O3S. The number of hydrogen-bond donors (Lipinski definition) is 0. The topological polar surface area (TPSA) is 72.7 Å². The Morgan fingerprint density at radius 1 is 1.34 bits per heavy atom. The summed E-state index contributed by atoms with van der Waals surface area (Å²) in [5.74, 6) is 0.671. The van der Waals surface area contributed by atoms with Crippen LogP contribution in [0, 0.1) is 6.92 Å². The van der Waals surface area contributed by atoms with E-state index in [1.54, 1.807) is 29.9 Å². The lowest BCUT2D eigenvalue weighted by Crippen LogP contribution is -2.43. The van der Waals surface area contributed by atoms with Gasteiger partial charge >= 0.3 is 0 Å². The molecule has 2 aromatic heterocycles. The van der Waals surface area contributed by atoms with Crippen molar-refractivity contribution in [1.82, 2.24) is 19.7 Å². The molecule has 4 rings (SSSR count). The third-order valence-corrected chi connectivity index (χ3v) is 6.19. The largest absolute Gasteiger partial charge is 0.497 e. The molecule has 1 aliphatic heterocycles. The minimum atomic E-state index is -0.0817. The number of ether oxygens (including phenoxy) is 2. The fraction of sp³-hybridized carbons (Fsp3) is 0.450. The summed E-state index contributed by atoms with van der Waals surface area (Å²) >= 11 is 1.51. The molecule has 0 unspecified atom stereocenters. The van der Waals surface area contributed by atoms with E-state index in [0.717, 1.165) is 54.4 Å². The van der Waals surface area contributed by atoms with Gasteiger partial charge < -0.3 is 9.47 Å². The minimum absolute atomic E-state index is 0.0817. The van der Waals surface area contributed by atoms with E-state index in [9.17, 15) is 4.79 Å². The number of carbonyl (C=O) groups excluding carboxylic acids is 1. The Bertz CT molecular complexity index is 989. The lowest BCUT2D eigenvalue weighted by Gasteiger charge is -2.29.